The van der Waals surface area contributed by atoms with E-state index in [0.29, 0.717) is 6.07 Å². The molecule has 0 atom stereocenters. The lowest BCUT2D eigenvalue weighted by Gasteiger charge is -2.10. The van der Waals surface area contributed by atoms with E-state index < -0.39 is 46.6 Å². The molecule has 120 valence electrons. The molecule has 0 unspecified atom stereocenters. The van der Waals surface area contributed by atoms with Crippen LogP contribution in [0.4, 0.5) is 23.2 Å². The van der Waals surface area contributed by atoms with Gasteiger partial charge in [0.1, 0.15) is 11.6 Å². The standard InChI is InChI=1S/C15H9F4NO3/c16-7-1-3-9(13(18)19)11(5-7)14(21)20-8-2-4-10(15(22)23)12(17)6-8/h1-6,13H,(H,20,21)(H,22,23). The molecule has 0 heterocycles. The molecule has 8 heteroatoms. The maximum absolute atomic E-state index is 13.5. The molecule has 2 aromatic carbocycles. The van der Waals surface area contributed by atoms with Crippen LogP contribution in [-0.4, -0.2) is 17.0 Å². The molecule has 0 aliphatic carbocycles. The van der Waals surface area contributed by atoms with Gasteiger partial charge in [0.2, 0.25) is 0 Å². The Kier molecular flexibility index (Phi) is 4.63. The van der Waals surface area contributed by atoms with Crippen LogP contribution in [0.25, 0.3) is 0 Å². The van der Waals surface area contributed by atoms with Crippen molar-refractivity contribution in [2.45, 2.75) is 6.43 Å². The molecule has 0 fully saturated rings. The Labute approximate surface area is 127 Å². The number of carbonyl (C=O) groups is 2. The Bertz CT molecular complexity index is 777. The van der Waals surface area contributed by atoms with Crippen molar-refractivity contribution in [1.82, 2.24) is 0 Å². The summed E-state index contributed by atoms with van der Waals surface area (Å²) in [6.45, 7) is 0. The van der Waals surface area contributed by atoms with Gasteiger partial charge in [-0.15, -0.1) is 0 Å². The van der Waals surface area contributed by atoms with E-state index in [0.717, 1.165) is 30.3 Å². The predicted molar refractivity (Wildman–Crippen MR) is 72.7 cm³/mol. The van der Waals surface area contributed by atoms with E-state index in [1.165, 1.54) is 0 Å². The first-order chi connectivity index (χ1) is 10.8. The van der Waals surface area contributed by atoms with Gasteiger partial charge in [-0.3, -0.25) is 4.79 Å². The van der Waals surface area contributed by atoms with Crippen molar-refractivity contribution in [2.24, 2.45) is 0 Å². The summed E-state index contributed by atoms with van der Waals surface area (Å²) < 4.78 is 52.4. The molecule has 2 rings (SSSR count). The number of carboxylic acids is 1. The zero-order valence-electron chi connectivity index (χ0n) is 11.3. The molecule has 0 bridgehead atoms. The van der Waals surface area contributed by atoms with Crippen LogP contribution >= 0.6 is 0 Å². The zero-order valence-corrected chi connectivity index (χ0v) is 11.3. The van der Waals surface area contributed by atoms with Gasteiger partial charge in [0.05, 0.1) is 11.1 Å². The fourth-order valence-electron chi connectivity index (χ4n) is 1.88. The maximum atomic E-state index is 13.5. The van der Waals surface area contributed by atoms with Crippen LogP contribution in [0.2, 0.25) is 0 Å². The van der Waals surface area contributed by atoms with Crippen molar-refractivity contribution < 1.29 is 32.3 Å². The third-order valence-electron chi connectivity index (χ3n) is 2.95. The monoisotopic (exact) mass is 327 g/mol. The highest BCUT2D eigenvalue weighted by molar-refractivity contribution is 6.05. The molecular weight excluding hydrogens is 318 g/mol. The molecular formula is C15H9F4NO3. The average Bonchev–Trinajstić information content (AvgIpc) is 2.46. The van der Waals surface area contributed by atoms with E-state index in [9.17, 15) is 27.2 Å². The SMILES string of the molecule is O=C(O)c1ccc(NC(=O)c2cc(F)ccc2C(F)F)cc1F. The smallest absolute Gasteiger partial charge is 0.338 e. The molecule has 4 nitrogen and oxygen atoms in total. The molecule has 0 radical (unpaired) electrons. The van der Waals surface area contributed by atoms with E-state index in [4.69, 9.17) is 5.11 Å². The number of amides is 1. The minimum absolute atomic E-state index is 0.151. The number of alkyl halides is 2. The van der Waals surface area contributed by atoms with Gasteiger partial charge in [-0.05, 0) is 36.4 Å². The van der Waals surface area contributed by atoms with Crippen LogP contribution < -0.4 is 5.32 Å². The fourth-order valence-corrected chi connectivity index (χ4v) is 1.88. The summed E-state index contributed by atoms with van der Waals surface area (Å²) in [6, 6.07) is 4.93. The number of benzene rings is 2. The van der Waals surface area contributed by atoms with E-state index in [2.05, 4.69) is 5.32 Å². The van der Waals surface area contributed by atoms with Crippen LogP contribution in [0.3, 0.4) is 0 Å². The van der Waals surface area contributed by atoms with Gasteiger partial charge in [0.25, 0.3) is 12.3 Å². The van der Waals surface area contributed by atoms with Crippen LogP contribution in [0.15, 0.2) is 36.4 Å². The van der Waals surface area contributed by atoms with Crippen molar-refractivity contribution in [1.29, 1.82) is 0 Å². The topological polar surface area (TPSA) is 66.4 Å². The Morgan fingerprint density at radius 2 is 1.70 bits per heavy atom. The normalized spacial score (nSPS) is 10.7. The molecule has 0 aliphatic heterocycles. The van der Waals surface area contributed by atoms with Crippen molar-refractivity contribution in [3.8, 4) is 0 Å². The van der Waals surface area contributed by atoms with Crippen LogP contribution in [0.1, 0.15) is 32.7 Å². The van der Waals surface area contributed by atoms with Gasteiger partial charge in [-0.2, -0.15) is 0 Å². The summed E-state index contributed by atoms with van der Waals surface area (Å²) in [7, 11) is 0. The molecule has 0 aromatic heterocycles. The fraction of sp³-hybridized carbons (Fsp3) is 0.0667. The van der Waals surface area contributed by atoms with E-state index in [1.54, 1.807) is 0 Å². The summed E-state index contributed by atoms with van der Waals surface area (Å²) in [6.07, 6.45) is -3.00. The average molecular weight is 327 g/mol. The Morgan fingerprint density at radius 3 is 2.26 bits per heavy atom. The maximum Gasteiger partial charge on any atom is 0.338 e. The van der Waals surface area contributed by atoms with E-state index >= 15 is 0 Å². The quantitative estimate of drug-likeness (QED) is 0.838. The highest BCUT2D eigenvalue weighted by Gasteiger charge is 2.20. The van der Waals surface area contributed by atoms with Gasteiger partial charge in [0, 0.05) is 11.3 Å². The van der Waals surface area contributed by atoms with Gasteiger partial charge >= 0.3 is 5.97 Å². The summed E-state index contributed by atoms with van der Waals surface area (Å²) in [5.74, 6) is -4.55. The third-order valence-corrected chi connectivity index (χ3v) is 2.95. The Hall–Kier alpha value is -2.90. The van der Waals surface area contributed by atoms with Crippen molar-refractivity contribution in [3.63, 3.8) is 0 Å². The number of hydrogen-bond donors (Lipinski definition) is 2. The third kappa shape index (κ3) is 3.65. The first-order valence-corrected chi connectivity index (χ1v) is 6.21. The molecule has 1 amide bonds. The molecule has 0 saturated heterocycles. The molecule has 0 saturated carbocycles. The number of nitrogens with one attached hydrogen (secondary N) is 1. The number of carbonyl (C=O) groups excluding carboxylic acids is 1. The Balaban J connectivity index is 2.31. The molecule has 0 aliphatic rings. The van der Waals surface area contributed by atoms with Crippen molar-refractivity contribution in [3.05, 3.63) is 64.7 Å². The molecule has 23 heavy (non-hydrogen) atoms. The number of carboxylic acid groups (broad SMARTS) is 1. The lowest BCUT2D eigenvalue weighted by atomic mass is 10.1. The number of halogens is 4. The Morgan fingerprint density at radius 1 is 1.00 bits per heavy atom. The second-order valence-electron chi connectivity index (χ2n) is 4.49. The minimum atomic E-state index is -3.00. The zero-order chi connectivity index (χ0) is 17.1. The van der Waals surface area contributed by atoms with Gasteiger partial charge < -0.3 is 10.4 Å². The number of anilines is 1. The first-order valence-electron chi connectivity index (χ1n) is 6.21. The second kappa shape index (κ2) is 6.47. The van der Waals surface area contributed by atoms with Gasteiger partial charge in [-0.25, -0.2) is 22.4 Å². The molecule has 2 aromatic rings. The summed E-state index contributed by atoms with van der Waals surface area (Å²) in [5.41, 5.74) is -2.03. The lowest BCUT2D eigenvalue weighted by molar-refractivity contribution is 0.0691. The predicted octanol–water partition coefficient (Wildman–Crippen LogP) is 3.85. The van der Waals surface area contributed by atoms with Crippen LogP contribution in [-0.2, 0) is 0 Å². The summed E-state index contributed by atoms with van der Waals surface area (Å²) in [5, 5.41) is 10.8. The highest BCUT2D eigenvalue weighted by Crippen LogP contribution is 2.25. The molecule has 2 N–H and O–H groups in total. The number of hydrogen-bond acceptors (Lipinski definition) is 2. The van der Waals surface area contributed by atoms with Gasteiger partial charge in [0.15, 0.2) is 0 Å². The van der Waals surface area contributed by atoms with Crippen LogP contribution in [0.5, 0.6) is 0 Å². The second-order valence-corrected chi connectivity index (χ2v) is 4.49. The van der Waals surface area contributed by atoms with Crippen molar-refractivity contribution >= 4 is 17.6 Å². The minimum Gasteiger partial charge on any atom is -0.478 e. The van der Waals surface area contributed by atoms with E-state index in [-0.39, 0.29) is 5.69 Å². The largest absolute Gasteiger partial charge is 0.478 e. The summed E-state index contributed by atoms with van der Waals surface area (Å²) in [4.78, 5) is 22.7. The number of rotatable bonds is 4. The summed E-state index contributed by atoms with van der Waals surface area (Å²) >= 11 is 0. The highest BCUT2D eigenvalue weighted by atomic mass is 19.3. The van der Waals surface area contributed by atoms with Gasteiger partial charge in [-0.1, -0.05) is 0 Å². The van der Waals surface area contributed by atoms with Crippen LogP contribution in [0, 0.1) is 11.6 Å². The van der Waals surface area contributed by atoms with E-state index in [1.807, 2.05) is 0 Å². The van der Waals surface area contributed by atoms with Crippen molar-refractivity contribution in [2.75, 3.05) is 5.32 Å². The first kappa shape index (κ1) is 16.5. The number of aromatic carboxylic acids is 1. The lowest BCUT2D eigenvalue weighted by Crippen LogP contribution is -2.15. The molecule has 0 spiro atoms.